The van der Waals surface area contributed by atoms with Gasteiger partial charge in [-0.15, -0.1) is 0 Å². The highest BCUT2D eigenvalue weighted by Gasteiger charge is 2.26. The molecule has 0 fully saturated rings. The van der Waals surface area contributed by atoms with Crippen molar-refractivity contribution in [2.45, 2.75) is 12.5 Å². The van der Waals surface area contributed by atoms with Crippen molar-refractivity contribution >= 4 is 17.2 Å². The van der Waals surface area contributed by atoms with Gasteiger partial charge in [-0.3, -0.25) is 14.8 Å². The molecule has 4 rings (SSSR count). The maximum absolute atomic E-state index is 15.1. The summed E-state index contributed by atoms with van der Waals surface area (Å²) in [5, 5.41) is 19.4. The summed E-state index contributed by atoms with van der Waals surface area (Å²) in [6, 6.07) is 15.6. The zero-order valence-electron chi connectivity index (χ0n) is 18.9. The average Bonchev–Trinajstić information content (AvgIpc) is 3.36. The summed E-state index contributed by atoms with van der Waals surface area (Å²) in [6.07, 6.45) is 2.63. The van der Waals surface area contributed by atoms with Crippen LogP contribution in [-0.2, 0) is 6.42 Å². The van der Waals surface area contributed by atoms with Gasteiger partial charge in [-0.25, -0.2) is 8.78 Å². The van der Waals surface area contributed by atoms with Gasteiger partial charge in [-0.05, 0) is 53.6 Å². The molecule has 1 aliphatic rings. The molecule has 1 aromatic heterocycles. The van der Waals surface area contributed by atoms with Gasteiger partial charge in [0.1, 0.15) is 11.6 Å². The quantitative estimate of drug-likeness (QED) is 0.495. The summed E-state index contributed by atoms with van der Waals surface area (Å²) in [4.78, 5) is 23.6. The molecule has 2 aromatic carbocycles. The minimum absolute atomic E-state index is 0.0657. The Morgan fingerprint density at radius 3 is 2.57 bits per heavy atom. The van der Waals surface area contributed by atoms with Gasteiger partial charge in [0.25, 0.3) is 5.91 Å². The fourth-order valence-corrected chi connectivity index (χ4v) is 3.93. The van der Waals surface area contributed by atoms with Crippen LogP contribution in [-0.4, -0.2) is 64.1 Å². The van der Waals surface area contributed by atoms with E-state index in [1.807, 2.05) is 12.1 Å². The first kappa shape index (κ1) is 24.4. The summed E-state index contributed by atoms with van der Waals surface area (Å²) in [5.74, 6) is -1.45. The standard InChI is InChI=1S/C27H25F2N3O3/c28-20-9-7-18(8-10-20)19-14-25(31-15-19)26-23(5-3-6-24(26)29)27(35)32(16-22(34)17-33)13-11-21-4-1-2-12-30-21/h1-10,12,14,22,33-34H,11,13,15-17H2/t22-/m0/s1. The van der Waals surface area contributed by atoms with Crippen molar-refractivity contribution < 1.29 is 23.8 Å². The second kappa shape index (κ2) is 11.1. The summed E-state index contributed by atoms with van der Waals surface area (Å²) in [6.45, 7) is -0.150. The number of halogens is 2. The molecular formula is C27H25F2N3O3. The van der Waals surface area contributed by atoms with E-state index in [0.717, 1.165) is 16.8 Å². The van der Waals surface area contributed by atoms with Gasteiger partial charge in [0, 0.05) is 37.0 Å². The number of hydrogen-bond acceptors (Lipinski definition) is 5. The number of hydrogen-bond donors (Lipinski definition) is 2. The predicted molar refractivity (Wildman–Crippen MR) is 129 cm³/mol. The van der Waals surface area contributed by atoms with E-state index < -0.39 is 24.4 Å². The molecule has 1 atom stereocenters. The third-order valence-electron chi connectivity index (χ3n) is 5.74. The zero-order valence-corrected chi connectivity index (χ0v) is 18.9. The third-order valence-corrected chi connectivity index (χ3v) is 5.74. The van der Waals surface area contributed by atoms with Gasteiger partial charge in [-0.1, -0.05) is 24.3 Å². The maximum Gasteiger partial charge on any atom is 0.254 e. The molecule has 3 aromatic rings. The Morgan fingerprint density at radius 2 is 1.86 bits per heavy atom. The van der Waals surface area contributed by atoms with Gasteiger partial charge >= 0.3 is 0 Å². The molecule has 2 N–H and O–H groups in total. The van der Waals surface area contributed by atoms with Gasteiger partial charge < -0.3 is 15.1 Å². The van der Waals surface area contributed by atoms with E-state index >= 15 is 4.39 Å². The second-order valence-electron chi connectivity index (χ2n) is 8.20. The summed E-state index contributed by atoms with van der Waals surface area (Å²) in [7, 11) is 0. The molecule has 180 valence electrons. The minimum atomic E-state index is -1.14. The molecule has 0 spiro atoms. The number of allylic oxidation sites excluding steroid dienone is 1. The summed E-state index contributed by atoms with van der Waals surface area (Å²) in [5.41, 5.74) is 2.79. The number of aliphatic imine (C=N–C) groups is 1. The monoisotopic (exact) mass is 477 g/mol. The lowest BCUT2D eigenvalue weighted by Crippen LogP contribution is -2.40. The van der Waals surface area contributed by atoms with E-state index in [4.69, 9.17) is 0 Å². The van der Waals surface area contributed by atoms with E-state index in [1.165, 1.54) is 35.2 Å². The lowest BCUT2D eigenvalue weighted by molar-refractivity contribution is 0.0461. The molecule has 0 radical (unpaired) electrons. The normalized spacial score (nSPS) is 13.8. The van der Waals surface area contributed by atoms with Crippen molar-refractivity contribution in [2.24, 2.45) is 4.99 Å². The van der Waals surface area contributed by atoms with Crippen LogP contribution in [0, 0.1) is 11.6 Å². The van der Waals surface area contributed by atoms with Crippen molar-refractivity contribution in [3.05, 3.63) is 107 Å². The number of carbonyl (C=O) groups is 1. The average molecular weight is 478 g/mol. The molecule has 0 unspecified atom stereocenters. The van der Waals surface area contributed by atoms with Gasteiger partial charge in [0.2, 0.25) is 0 Å². The highest BCUT2D eigenvalue weighted by molar-refractivity contribution is 6.19. The van der Waals surface area contributed by atoms with Crippen molar-refractivity contribution in [2.75, 3.05) is 26.2 Å². The van der Waals surface area contributed by atoms with Crippen molar-refractivity contribution in [3.8, 4) is 0 Å². The number of benzene rings is 2. The largest absolute Gasteiger partial charge is 0.394 e. The number of carbonyl (C=O) groups excluding carboxylic acids is 1. The first-order valence-corrected chi connectivity index (χ1v) is 11.2. The van der Waals surface area contributed by atoms with Gasteiger partial charge in [-0.2, -0.15) is 0 Å². The molecule has 6 nitrogen and oxygen atoms in total. The molecule has 2 heterocycles. The van der Waals surface area contributed by atoms with Crippen LogP contribution in [0.5, 0.6) is 0 Å². The Kier molecular flexibility index (Phi) is 7.74. The van der Waals surface area contributed by atoms with Crippen molar-refractivity contribution in [1.82, 2.24) is 9.88 Å². The second-order valence-corrected chi connectivity index (χ2v) is 8.20. The number of aliphatic hydroxyl groups is 2. The Bertz CT molecular complexity index is 1240. The Morgan fingerprint density at radius 1 is 1.06 bits per heavy atom. The zero-order chi connectivity index (χ0) is 24.8. The van der Waals surface area contributed by atoms with Crippen molar-refractivity contribution in [3.63, 3.8) is 0 Å². The van der Waals surface area contributed by atoms with Crippen LogP contribution >= 0.6 is 0 Å². The molecule has 0 saturated heterocycles. The summed E-state index contributed by atoms with van der Waals surface area (Å²) < 4.78 is 28.4. The fourth-order valence-electron chi connectivity index (χ4n) is 3.93. The molecule has 1 aliphatic heterocycles. The molecule has 0 aliphatic carbocycles. The number of amides is 1. The van der Waals surface area contributed by atoms with Crippen LogP contribution in [0.25, 0.3) is 5.57 Å². The Labute approximate surface area is 201 Å². The Balaban J connectivity index is 1.63. The van der Waals surface area contributed by atoms with Crippen LogP contribution in [0.4, 0.5) is 8.78 Å². The van der Waals surface area contributed by atoms with Gasteiger partial charge in [0.15, 0.2) is 0 Å². The minimum Gasteiger partial charge on any atom is -0.394 e. The lowest BCUT2D eigenvalue weighted by atomic mass is 9.98. The number of pyridine rings is 1. The predicted octanol–water partition coefficient (Wildman–Crippen LogP) is 3.28. The van der Waals surface area contributed by atoms with Crippen LogP contribution in [0.3, 0.4) is 0 Å². The molecular weight excluding hydrogens is 452 g/mol. The van der Waals surface area contributed by atoms with Crippen molar-refractivity contribution in [1.29, 1.82) is 0 Å². The molecule has 0 saturated carbocycles. The number of aliphatic hydroxyl groups excluding tert-OH is 2. The highest BCUT2D eigenvalue weighted by atomic mass is 19.1. The van der Waals surface area contributed by atoms with Crippen LogP contribution in [0.1, 0.15) is 27.2 Å². The number of rotatable bonds is 9. The number of aromatic nitrogens is 1. The molecule has 8 heteroatoms. The Hall–Kier alpha value is -3.75. The first-order chi connectivity index (χ1) is 17.0. The van der Waals surface area contributed by atoms with E-state index in [1.54, 1.807) is 30.5 Å². The van der Waals surface area contributed by atoms with Gasteiger partial charge in [0.05, 0.1) is 30.5 Å². The van der Waals surface area contributed by atoms with E-state index in [0.29, 0.717) is 12.1 Å². The number of nitrogens with zero attached hydrogens (tertiary/aromatic N) is 3. The SMILES string of the molecule is O=C(c1cccc(F)c1C1=NCC(c2ccc(F)cc2)=C1)N(CCc1ccccn1)C[C@H](O)CO. The first-order valence-electron chi connectivity index (χ1n) is 11.2. The third kappa shape index (κ3) is 5.85. The maximum atomic E-state index is 15.1. The smallest absolute Gasteiger partial charge is 0.254 e. The molecule has 35 heavy (non-hydrogen) atoms. The van der Waals surface area contributed by atoms with Crippen LogP contribution in [0.2, 0.25) is 0 Å². The van der Waals surface area contributed by atoms with E-state index in [2.05, 4.69) is 9.98 Å². The van der Waals surface area contributed by atoms with E-state index in [-0.39, 0.29) is 36.6 Å². The topological polar surface area (TPSA) is 86.0 Å². The lowest BCUT2D eigenvalue weighted by Gasteiger charge is -2.26. The highest BCUT2D eigenvalue weighted by Crippen LogP contribution is 2.26. The molecule has 0 bridgehead atoms. The van der Waals surface area contributed by atoms with Crippen LogP contribution in [0.15, 0.2) is 77.9 Å². The summed E-state index contributed by atoms with van der Waals surface area (Å²) >= 11 is 0. The van der Waals surface area contributed by atoms with Crippen LogP contribution < -0.4 is 0 Å². The van der Waals surface area contributed by atoms with E-state index in [9.17, 15) is 19.4 Å². The fraction of sp³-hybridized carbons (Fsp3) is 0.222. The molecule has 1 amide bonds.